The molecular weight excluding hydrogens is 1010 g/mol. The van der Waals surface area contributed by atoms with Gasteiger partial charge in [-0.3, -0.25) is 4.79 Å². The van der Waals surface area contributed by atoms with Crippen molar-refractivity contribution in [2.75, 3.05) is 25.6 Å². The zero-order valence-corrected chi connectivity index (χ0v) is 44.2. The number of carbonyl (C=O) groups excluding carboxylic acids is 1. The Labute approximate surface area is 459 Å². The summed E-state index contributed by atoms with van der Waals surface area (Å²) in [4.78, 5) is 36.8. The van der Waals surface area contributed by atoms with Gasteiger partial charge in [-0.2, -0.15) is 4.57 Å². The van der Waals surface area contributed by atoms with Crippen LogP contribution in [0.4, 0.5) is 5.69 Å². The number of aryl methyl sites for hydroxylation is 2. The second kappa shape index (κ2) is 21.0. The maximum absolute atomic E-state index is 12.9. The zero-order chi connectivity index (χ0) is 56.9. The maximum Gasteiger partial charge on any atom is 0.339 e. The molecule has 0 saturated carbocycles. The number of ether oxygens (including phenoxy) is 1. The first kappa shape index (κ1) is 53.3. The molecule has 402 valence electrons. The van der Waals surface area contributed by atoms with E-state index in [1.54, 1.807) is 48.5 Å². The molecule has 1 aliphatic heterocycles. The number of rotatable bonds is 8. The number of hydrogen-bond acceptors (Lipinski definition) is 11. The molecule has 2 aliphatic carbocycles. The Kier molecular flexibility index (Phi) is 14.0. The van der Waals surface area contributed by atoms with Gasteiger partial charge in [0.25, 0.3) is 0 Å². The number of carboxylic acids is 2. The Bertz CT molecular complexity index is 4090. The summed E-state index contributed by atoms with van der Waals surface area (Å²) in [5, 5.41) is 86.1. The summed E-state index contributed by atoms with van der Waals surface area (Å²) < 4.78 is 9.96. The number of ketones is 1. The van der Waals surface area contributed by atoms with Crippen molar-refractivity contribution in [2.45, 2.75) is 32.3 Å². The Morgan fingerprint density at radius 1 is 0.738 bits per heavy atom. The van der Waals surface area contributed by atoms with Crippen molar-refractivity contribution in [2.24, 2.45) is 7.05 Å². The van der Waals surface area contributed by atoms with Crippen LogP contribution in [0.2, 0.25) is 0 Å². The number of phenols is 3. The van der Waals surface area contributed by atoms with E-state index in [1.807, 2.05) is 0 Å². The normalized spacial score (nSPS) is 15.2. The summed E-state index contributed by atoms with van der Waals surface area (Å²) in [6.45, 7) is 4.22. The average Bonchev–Trinajstić information content (AvgIpc) is 3.90. The van der Waals surface area contributed by atoms with E-state index >= 15 is 0 Å². The second-order valence-electron chi connectivity index (χ2n) is 20.2. The highest BCUT2D eigenvalue weighted by molar-refractivity contribution is 6.07. The number of aromatic nitrogens is 2. The predicted molar refractivity (Wildman–Crippen MR) is 304 cm³/mol. The van der Waals surface area contributed by atoms with E-state index in [4.69, 9.17) is 4.74 Å². The lowest BCUT2D eigenvalue weighted by atomic mass is 9.85. The van der Waals surface area contributed by atoms with E-state index in [0.717, 1.165) is 0 Å². The molecule has 15 nitrogen and oxygen atoms in total. The van der Waals surface area contributed by atoms with Crippen LogP contribution < -0.4 is 14.6 Å². The second-order valence-corrected chi connectivity index (χ2v) is 20.2. The first-order valence-electron chi connectivity index (χ1n) is 25.5. The number of allylic oxidation sites excluding steroid dienone is 2. The third-order valence-corrected chi connectivity index (χ3v) is 14.9. The smallest absolute Gasteiger partial charge is 0.339 e. The molecule has 15 heteroatoms. The number of aromatic hydroxyl groups is 3. The van der Waals surface area contributed by atoms with E-state index in [0.29, 0.717) is 43.8 Å². The fourth-order valence-electron chi connectivity index (χ4n) is 10.9. The van der Waals surface area contributed by atoms with Gasteiger partial charge in [0.2, 0.25) is 22.8 Å². The van der Waals surface area contributed by atoms with Crippen molar-refractivity contribution < 1.29 is 64.5 Å². The van der Waals surface area contributed by atoms with Gasteiger partial charge in [-0.05, 0) is 137 Å². The van der Waals surface area contributed by atoms with Crippen LogP contribution in [-0.2, 0) is 29.4 Å². The number of aliphatic hydroxyl groups is 2. The molecule has 1 unspecified atom stereocenters. The molecule has 0 bridgehead atoms. The Morgan fingerprint density at radius 3 is 2.05 bits per heavy atom. The number of carbonyl (C=O) groups is 3. The van der Waals surface area contributed by atoms with Crippen LogP contribution in [0.5, 0.6) is 23.0 Å². The summed E-state index contributed by atoms with van der Waals surface area (Å²) in [6.07, 6.45) is 7.22. The molecule has 0 amide bonds. The van der Waals surface area contributed by atoms with Gasteiger partial charge in [0.15, 0.2) is 17.3 Å². The number of anilines is 1. The van der Waals surface area contributed by atoms with E-state index in [2.05, 4.69) is 128 Å². The highest BCUT2D eigenvalue weighted by Crippen LogP contribution is 2.51. The van der Waals surface area contributed by atoms with Crippen molar-refractivity contribution in [3.63, 3.8) is 0 Å². The monoisotopic (exact) mass is 1070 g/mol. The highest BCUT2D eigenvalue weighted by atomic mass is 16.5. The molecule has 7 aromatic carbocycles. The Hall–Kier alpha value is -10.1. The van der Waals surface area contributed by atoms with Crippen molar-refractivity contribution in [3.05, 3.63) is 225 Å². The van der Waals surface area contributed by atoms with E-state index in [9.17, 15) is 55.2 Å². The quantitative estimate of drug-likeness (QED) is 0.0555. The Balaban J connectivity index is 0.000000136. The summed E-state index contributed by atoms with van der Waals surface area (Å²) >= 11 is 0. The van der Waals surface area contributed by atoms with Gasteiger partial charge >= 0.3 is 11.9 Å². The van der Waals surface area contributed by atoms with Crippen LogP contribution in [-0.4, -0.2) is 84.3 Å². The van der Waals surface area contributed by atoms with Gasteiger partial charge in [-0.15, -0.1) is 0 Å². The largest absolute Gasteiger partial charge is 0.872 e. The molecule has 2 aromatic heterocycles. The topological polar surface area (TPSA) is 237 Å². The molecule has 3 heterocycles. The lowest BCUT2D eigenvalue weighted by Crippen LogP contribution is -2.39. The fraction of sp³-hybridized carbons (Fsp3) is 0.138. The van der Waals surface area contributed by atoms with E-state index in [1.165, 1.54) is 81.3 Å². The predicted octanol–water partition coefficient (Wildman–Crippen LogP) is 10.1. The molecule has 80 heavy (non-hydrogen) atoms. The molecule has 0 saturated heterocycles. The minimum atomic E-state index is -1.34. The molecule has 0 radical (unpaired) electrons. The number of phenolic OH excluding ortho intramolecular Hbond substituents is 2. The average molecular weight is 1070 g/mol. The summed E-state index contributed by atoms with van der Waals surface area (Å²) in [5.74, 6) is -5.29. The van der Waals surface area contributed by atoms with Crippen molar-refractivity contribution in [1.82, 2.24) is 4.57 Å². The van der Waals surface area contributed by atoms with Crippen LogP contribution in [0.25, 0.3) is 55.9 Å². The number of aliphatic hydroxyl groups excluding tert-OH is 1. The van der Waals surface area contributed by atoms with Crippen molar-refractivity contribution >= 4 is 73.6 Å². The lowest BCUT2D eigenvalue weighted by Gasteiger charge is -2.33. The van der Waals surface area contributed by atoms with Crippen LogP contribution in [0, 0.1) is 13.8 Å². The van der Waals surface area contributed by atoms with E-state index < -0.39 is 40.6 Å². The molecule has 0 fully saturated rings. The number of para-hydroxylation sites is 1. The van der Waals surface area contributed by atoms with Gasteiger partial charge in [0.05, 0.1) is 5.56 Å². The highest BCUT2D eigenvalue weighted by Gasteiger charge is 2.48. The van der Waals surface area contributed by atoms with Crippen LogP contribution >= 0.6 is 0 Å². The molecule has 1 atom stereocenters. The Morgan fingerprint density at radius 2 is 1.38 bits per heavy atom. The van der Waals surface area contributed by atoms with Crippen LogP contribution in [0.1, 0.15) is 65.6 Å². The number of benzene rings is 7. The van der Waals surface area contributed by atoms with Gasteiger partial charge in [-0.1, -0.05) is 72.5 Å². The van der Waals surface area contributed by atoms with Gasteiger partial charge in [0, 0.05) is 90.0 Å². The molecule has 7 N–H and O–H groups in total. The number of aromatic carboxylic acids is 2. The minimum absolute atomic E-state index is 0.0348. The standard InChI is InChI=1S/C26H28N3.C23H16O6.C16H12O6/c1-19-17-21(20(2)29(19)24-9-7-6-8-10-24)11-13-23-14-12-22-18-25(27(3)4)15-16-26(22)28(23)5;24-20-16(14-7-3-1-5-12(14)9-18(20)22(26)27)11-17-15-8-4-2-6-13(15)10-19(21(17)25)23(28)29;17-10-2-1-8-13-9-4-12(19)11(18)3-7(9)5-16(13,21)6-22-15(8)14(10)20/h6-18H,1-5H3;1-10,24-25H,11H2,(H,26,27)(H,28,29);1-4,18-21H,5-6H2/q+1;;/p-1. The number of hydrogen-bond donors (Lipinski definition) is 7. The maximum atomic E-state index is 12.9. The van der Waals surface area contributed by atoms with Crippen molar-refractivity contribution in [1.29, 1.82) is 0 Å². The molecule has 3 aliphatic rings. The van der Waals surface area contributed by atoms with Crippen LogP contribution in [0.3, 0.4) is 0 Å². The first-order valence-corrected chi connectivity index (χ1v) is 25.5. The summed E-state index contributed by atoms with van der Waals surface area (Å²) in [6, 6.07) is 43.1. The third-order valence-electron chi connectivity index (χ3n) is 14.9. The van der Waals surface area contributed by atoms with Gasteiger partial charge in [-0.25, -0.2) is 9.59 Å². The lowest BCUT2D eigenvalue weighted by molar-refractivity contribution is -0.646. The SMILES string of the molecule is Cc1cc(C=Cc2ccc3cc(N(C)C)ccc3[n+]2C)c(C)n1-c1ccccc1.O=C(O)c1cc2ccccc2c(Cc2c(O)c(C(=O)O)cc3ccccc23)c1[O-].O=C1C=CC2=C3c4cc(O)c(O)cc4CC3(O)COC2=C1O. The third kappa shape index (κ3) is 9.70. The molecule has 0 spiro atoms. The minimum Gasteiger partial charge on any atom is -0.872 e. The zero-order valence-electron chi connectivity index (χ0n) is 44.2. The van der Waals surface area contributed by atoms with Gasteiger partial charge < -0.3 is 55.1 Å². The van der Waals surface area contributed by atoms with Crippen LogP contribution in [0.15, 0.2) is 169 Å². The number of nitrogens with zero attached hydrogens (tertiary/aromatic N) is 3. The molecule has 9 aromatic rings. The number of pyridine rings is 1. The van der Waals surface area contributed by atoms with Crippen molar-refractivity contribution in [3.8, 4) is 28.7 Å². The molecular formula is C65H55N3O12. The van der Waals surface area contributed by atoms with E-state index in [-0.39, 0.29) is 59.0 Å². The molecule has 12 rings (SSSR count). The summed E-state index contributed by atoms with van der Waals surface area (Å²) in [7, 11) is 6.28. The van der Waals surface area contributed by atoms with Gasteiger partial charge in [0.1, 0.15) is 30.6 Å². The number of fused-ring (bicyclic) bond motifs is 7. The summed E-state index contributed by atoms with van der Waals surface area (Å²) in [5.41, 5.74) is 9.20. The fourth-order valence-corrected chi connectivity index (χ4v) is 10.9. The first-order chi connectivity index (χ1) is 38.2. The number of carboxylic acid groups (broad SMARTS) is 2.